The predicted octanol–water partition coefficient (Wildman–Crippen LogP) is 3.13. The normalized spacial score (nSPS) is 21.1. The van der Waals surface area contributed by atoms with Gasteiger partial charge in [0, 0.05) is 38.9 Å². The minimum absolute atomic E-state index is 0. The van der Waals surface area contributed by atoms with Crippen LogP contribution < -0.4 is 5.32 Å². The fraction of sp³-hybridized carbons (Fsp3) is 0.565. The van der Waals surface area contributed by atoms with Gasteiger partial charge in [-0.1, -0.05) is 29.8 Å². The van der Waals surface area contributed by atoms with Crippen LogP contribution in [0.1, 0.15) is 41.7 Å². The molecule has 4 rings (SSSR count). The Hall–Kier alpha value is -1.65. The number of rotatable bonds is 5. The Morgan fingerprint density at radius 3 is 2.61 bits per heavy atom. The molecule has 2 aliphatic heterocycles. The molecule has 1 N–H and O–H groups in total. The van der Waals surface area contributed by atoms with E-state index in [2.05, 4.69) is 56.4 Å². The van der Waals surface area contributed by atoms with Gasteiger partial charge in [-0.3, -0.25) is 14.6 Å². The van der Waals surface area contributed by atoms with Crippen LogP contribution in [-0.2, 0) is 11.8 Å². The third-order valence-electron chi connectivity index (χ3n) is 6.17. The summed E-state index contributed by atoms with van der Waals surface area (Å²) < 4.78 is 7.83. The Morgan fingerprint density at radius 2 is 1.97 bits per heavy atom. The molecule has 2 unspecified atom stereocenters. The Labute approximate surface area is 202 Å². The maximum absolute atomic E-state index is 6.00. The molecule has 8 heteroatoms. The molecule has 0 bridgehead atoms. The quantitative estimate of drug-likeness (QED) is 0.360. The van der Waals surface area contributed by atoms with Gasteiger partial charge < -0.3 is 15.0 Å². The molecule has 2 atom stereocenters. The van der Waals surface area contributed by atoms with E-state index in [0.717, 1.165) is 31.2 Å². The van der Waals surface area contributed by atoms with Crippen molar-refractivity contribution < 1.29 is 4.74 Å². The fourth-order valence-electron chi connectivity index (χ4n) is 4.47. The molecule has 0 radical (unpaired) electrons. The summed E-state index contributed by atoms with van der Waals surface area (Å²) in [5, 5.41) is 7.96. The van der Waals surface area contributed by atoms with E-state index in [9.17, 15) is 0 Å². The lowest BCUT2D eigenvalue weighted by atomic mass is 10.0. The van der Waals surface area contributed by atoms with Gasteiger partial charge >= 0.3 is 0 Å². The van der Waals surface area contributed by atoms with Gasteiger partial charge in [-0.25, -0.2) is 0 Å². The molecule has 31 heavy (non-hydrogen) atoms. The molecule has 0 aliphatic carbocycles. The largest absolute Gasteiger partial charge is 0.370 e. The van der Waals surface area contributed by atoms with Crippen LogP contribution in [0.5, 0.6) is 0 Å². The van der Waals surface area contributed by atoms with Crippen LogP contribution in [0, 0.1) is 6.92 Å². The summed E-state index contributed by atoms with van der Waals surface area (Å²) in [5.41, 5.74) is 3.80. The summed E-state index contributed by atoms with van der Waals surface area (Å²) in [4.78, 5) is 9.49. The Kier molecular flexibility index (Phi) is 8.74. The first-order valence-electron chi connectivity index (χ1n) is 11.0. The first kappa shape index (κ1) is 24.0. The van der Waals surface area contributed by atoms with Crippen LogP contribution in [0.3, 0.4) is 0 Å². The number of aromatic nitrogens is 2. The minimum atomic E-state index is 0. The van der Waals surface area contributed by atoms with Crippen molar-refractivity contribution in [1.82, 2.24) is 24.9 Å². The highest BCUT2D eigenvalue weighted by Gasteiger charge is 2.27. The molecule has 2 aliphatic rings. The summed E-state index contributed by atoms with van der Waals surface area (Å²) in [6.45, 7) is 7.64. The lowest BCUT2D eigenvalue weighted by Crippen LogP contribution is -2.49. The highest BCUT2D eigenvalue weighted by Crippen LogP contribution is 2.26. The molecular formula is C23H35IN6O. The average molecular weight is 538 g/mol. The van der Waals surface area contributed by atoms with Gasteiger partial charge in [0.15, 0.2) is 5.96 Å². The van der Waals surface area contributed by atoms with Crippen molar-refractivity contribution >= 4 is 29.9 Å². The van der Waals surface area contributed by atoms with Gasteiger partial charge in [0.2, 0.25) is 0 Å². The molecule has 0 amide bonds. The number of nitrogens with one attached hydrogen (secondary N) is 1. The smallest absolute Gasteiger partial charge is 0.193 e. The number of nitrogens with zero attached hydrogens (tertiary/aromatic N) is 5. The molecule has 1 aromatic carbocycles. The van der Waals surface area contributed by atoms with E-state index < -0.39 is 0 Å². The van der Waals surface area contributed by atoms with Crippen LogP contribution in [0.2, 0.25) is 0 Å². The highest BCUT2D eigenvalue weighted by molar-refractivity contribution is 14.0. The molecule has 2 fully saturated rings. The zero-order chi connectivity index (χ0) is 20.9. The summed E-state index contributed by atoms with van der Waals surface area (Å²) in [7, 11) is 3.81. The molecule has 0 saturated carbocycles. The zero-order valence-electron chi connectivity index (χ0n) is 18.8. The molecule has 2 aromatic rings. The van der Waals surface area contributed by atoms with Crippen molar-refractivity contribution in [1.29, 1.82) is 0 Å². The first-order chi connectivity index (χ1) is 14.6. The third-order valence-corrected chi connectivity index (χ3v) is 6.17. The number of benzene rings is 1. The van der Waals surface area contributed by atoms with Crippen molar-refractivity contribution in [2.75, 3.05) is 46.4 Å². The van der Waals surface area contributed by atoms with Crippen molar-refractivity contribution in [3.05, 3.63) is 53.3 Å². The Bertz CT molecular complexity index is 846. The zero-order valence-corrected chi connectivity index (χ0v) is 21.2. The van der Waals surface area contributed by atoms with Gasteiger partial charge in [0.1, 0.15) is 6.10 Å². The van der Waals surface area contributed by atoms with E-state index in [4.69, 9.17) is 4.74 Å². The second kappa shape index (κ2) is 11.3. The Balaban J connectivity index is 0.00000272. The molecule has 170 valence electrons. The van der Waals surface area contributed by atoms with Crippen LogP contribution in [0.25, 0.3) is 0 Å². The van der Waals surface area contributed by atoms with Crippen LogP contribution in [0.15, 0.2) is 41.7 Å². The van der Waals surface area contributed by atoms with E-state index in [0.29, 0.717) is 12.6 Å². The first-order valence-corrected chi connectivity index (χ1v) is 11.0. The third kappa shape index (κ3) is 5.98. The SMILES string of the molecule is CN=C(NCC(c1ccc(C)cc1)N1CCCC1)N1CCOC(c2cnn(C)c2)C1.I. The molecule has 2 saturated heterocycles. The fourth-order valence-corrected chi connectivity index (χ4v) is 4.47. The standard InChI is InChI=1S/C23H34N6O.HI/c1-18-6-8-19(9-7-18)21(28-10-4-5-11-28)15-25-23(24-2)29-12-13-30-22(17-29)20-14-26-27(3)16-20;/h6-9,14,16,21-22H,4-5,10-13,15,17H2,1-3H3,(H,24,25);1H. The maximum atomic E-state index is 6.00. The van der Waals surface area contributed by atoms with Gasteiger partial charge in [-0.05, 0) is 38.4 Å². The van der Waals surface area contributed by atoms with Gasteiger partial charge in [-0.2, -0.15) is 5.10 Å². The van der Waals surface area contributed by atoms with E-state index in [1.54, 1.807) is 0 Å². The number of likely N-dealkylation sites (tertiary alicyclic amines) is 1. The van der Waals surface area contributed by atoms with Crippen molar-refractivity contribution in [3.63, 3.8) is 0 Å². The van der Waals surface area contributed by atoms with Gasteiger partial charge in [0.05, 0.1) is 25.4 Å². The monoisotopic (exact) mass is 538 g/mol. The van der Waals surface area contributed by atoms with Gasteiger partial charge in [0.25, 0.3) is 0 Å². The summed E-state index contributed by atoms with van der Waals surface area (Å²) >= 11 is 0. The van der Waals surface area contributed by atoms with Crippen molar-refractivity contribution in [2.45, 2.75) is 31.9 Å². The predicted molar refractivity (Wildman–Crippen MR) is 135 cm³/mol. The number of ether oxygens (including phenoxy) is 1. The number of hydrogen-bond acceptors (Lipinski definition) is 4. The highest BCUT2D eigenvalue weighted by atomic mass is 127. The van der Waals surface area contributed by atoms with E-state index in [-0.39, 0.29) is 30.1 Å². The number of morpholine rings is 1. The molecule has 0 spiro atoms. The maximum Gasteiger partial charge on any atom is 0.193 e. The summed E-state index contributed by atoms with van der Waals surface area (Å²) in [6.07, 6.45) is 6.52. The summed E-state index contributed by atoms with van der Waals surface area (Å²) in [6, 6.07) is 9.34. The van der Waals surface area contributed by atoms with E-state index in [1.165, 1.54) is 37.1 Å². The second-order valence-corrected chi connectivity index (χ2v) is 8.35. The number of aryl methyl sites for hydroxylation is 2. The lowest BCUT2D eigenvalue weighted by Gasteiger charge is -2.36. The van der Waals surface area contributed by atoms with Gasteiger partial charge in [-0.15, -0.1) is 24.0 Å². The molecule has 3 heterocycles. The average Bonchev–Trinajstić information content (AvgIpc) is 3.44. The second-order valence-electron chi connectivity index (χ2n) is 8.35. The van der Waals surface area contributed by atoms with Crippen molar-refractivity contribution in [2.24, 2.45) is 12.0 Å². The van der Waals surface area contributed by atoms with Crippen LogP contribution in [0.4, 0.5) is 0 Å². The topological polar surface area (TPSA) is 57.9 Å². The summed E-state index contributed by atoms with van der Waals surface area (Å²) in [5.74, 6) is 0.948. The van der Waals surface area contributed by atoms with E-state index >= 15 is 0 Å². The lowest BCUT2D eigenvalue weighted by molar-refractivity contribution is -0.00812. The number of halogens is 1. The van der Waals surface area contributed by atoms with Crippen molar-refractivity contribution in [3.8, 4) is 0 Å². The number of guanidine groups is 1. The molecular weight excluding hydrogens is 503 g/mol. The number of aliphatic imine (C=N–C) groups is 1. The number of hydrogen-bond donors (Lipinski definition) is 1. The van der Waals surface area contributed by atoms with Crippen LogP contribution >= 0.6 is 24.0 Å². The minimum Gasteiger partial charge on any atom is -0.370 e. The van der Waals surface area contributed by atoms with E-state index in [1.807, 2.05) is 31.2 Å². The van der Waals surface area contributed by atoms with Crippen LogP contribution in [-0.4, -0.2) is 71.9 Å². The Morgan fingerprint density at radius 1 is 1.23 bits per heavy atom. The molecule has 1 aromatic heterocycles. The molecule has 7 nitrogen and oxygen atoms in total.